The normalized spacial score (nSPS) is 25.6. The van der Waals surface area contributed by atoms with Gasteiger partial charge in [0.05, 0.1) is 18.8 Å². The molecule has 2 unspecified atom stereocenters. The summed E-state index contributed by atoms with van der Waals surface area (Å²) in [6.07, 6.45) is 0.295. The monoisotopic (exact) mass is 297 g/mol. The van der Waals surface area contributed by atoms with Gasteiger partial charge in [0.15, 0.2) is 0 Å². The molecule has 2 bridgehead atoms. The number of hydrogen-bond donors (Lipinski definition) is 1. The van der Waals surface area contributed by atoms with Crippen molar-refractivity contribution in [2.24, 2.45) is 0 Å². The second kappa shape index (κ2) is 5.81. The predicted octanol–water partition coefficient (Wildman–Crippen LogP) is 3.33. The third kappa shape index (κ3) is 3.66. The molecule has 0 aromatic heterocycles. The quantitative estimate of drug-likeness (QED) is 0.864. The Kier molecular flexibility index (Phi) is 4.04. The topological polar surface area (TPSA) is 21.3 Å². The van der Waals surface area contributed by atoms with Gasteiger partial charge in [0.25, 0.3) is 0 Å². The van der Waals surface area contributed by atoms with Gasteiger partial charge in [-0.05, 0) is 30.9 Å². The molecule has 2 nitrogen and oxygen atoms in total. The summed E-state index contributed by atoms with van der Waals surface area (Å²) in [5.74, 6) is 0. The van der Waals surface area contributed by atoms with E-state index in [1.165, 1.54) is 17.7 Å². The zero-order valence-electron chi connectivity index (χ0n) is 11.6. The molecule has 21 heavy (non-hydrogen) atoms. The van der Waals surface area contributed by atoms with Crippen molar-refractivity contribution < 1.29 is 17.9 Å². The zero-order chi connectivity index (χ0) is 14.9. The van der Waals surface area contributed by atoms with Gasteiger partial charge in [-0.1, -0.05) is 29.8 Å². The lowest BCUT2D eigenvalue weighted by Gasteiger charge is -2.35. The SMILES string of the molecule is FC(F)(F)c1cccc(CCC2=CC3COCC(C2)N3)c1. The van der Waals surface area contributed by atoms with Crippen LogP contribution in [0.3, 0.4) is 0 Å². The van der Waals surface area contributed by atoms with Crippen molar-refractivity contribution in [3.05, 3.63) is 47.0 Å². The molecule has 0 amide bonds. The second-order valence-electron chi connectivity index (χ2n) is 5.73. The van der Waals surface area contributed by atoms with Gasteiger partial charge in [-0.2, -0.15) is 13.2 Å². The van der Waals surface area contributed by atoms with E-state index in [1.807, 2.05) is 0 Å². The highest BCUT2D eigenvalue weighted by atomic mass is 19.4. The molecule has 1 saturated heterocycles. The summed E-state index contributed by atoms with van der Waals surface area (Å²) in [6.45, 7) is 1.40. The van der Waals surface area contributed by atoms with Crippen molar-refractivity contribution in [1.29, 1.82) is 0 Å². The molecule has 2 atom stereocenters. The Morgan fingerprint density at radius 1 is 1.19 bits per heavy atom. The number of fused-ring (bicyclic) bond motifs is 2. The van der Waals surface area contributed by atoms with Crippen molar-refractivity contribution in [3.63, 3.8) is 0 Å². The van der Waals surface area contributed by atoms with E-state index in [1.54, 1.807) is 6.07 Å². The molecule has 0 spiro atoms. The van der Waals surface area contributed by atoms with Crippen LogP contribution in [0.5, 0.6) is 0 Å². The van der Waals surface area contributed by atoms with Crippen LogP contribution >= 0.6 is 0 Å². The largest absolute Gasteiger partial charge is 0.416 e. The van der Waals surface area contributed by atoms with Gasteiger partial charge >= 0.3 is 6.18 Å². The lowest BCUT2D eigenvalue weighted by atomic mass is 9.92. The van der Waals surface area contributed by atoms with Crippen LogP contribution in [-0.2, 0) is 17.3 Å². The lowest BCUT2D eigenvalue weighted by Crippen LogP contribution is -2.50. The summed E-state index contributed by atoms with van der Waals surface area (Å²) in [5.41, 5.74) is 1.50. The highest BCUT2D eigenvalue weighted by Gasteiger charge is 2.30. The van der Waals surface area contributed by atoms with E-state index >= 15 is 0 Å². The number of aryl methyl sites for hydroxylation is 1. The number of ether oxygens (including phenoxy) is 1. The molecule has 1 aromatic rings. The summed E-state index contributed by atoms with van der Waals surface area (Å²) in [4.78, 5) is 0. The molecule has 1 fully saturated rings. The first-order chi connectivity index (χ1) is 10.0. The van der Waals surface area contributed by atoms with E-state index in [9.17, 15) is 13.2 Å². The lowest BCUT2D eigenvalue weighted by molar-refractivity contribution is -0.137. The van der Waals surface area contributed by atoms with Crippen molar-refractivity contribution in [2.45, 2.75) is 37.5 Å². The smallest absolute Gasteiger partial charge is 0.378 e. The van der Waals surface area contributed by atoms with Crippen LogP contribution in [0.1, 0.15) is 24.0 Å². The standard InChI is InChI=1S/C16H18F3NO/c17-16(18,19)13-3-1-2-11(6-13)4-5-12-7-14-9-21-10-15(8-12)20-14/h1-3,6-7,14-15,20H,4-5,8-10H2. The first-order valence-electron chi connectivity index (χ1n) is 7.20. The Labute approximate surface area is 122 Å². The van der Waals surface area contributed by atoms with Crippen LogP contribution < -0.4 is 5.32 Å². The number of alkyl halides is 3. The molecule has 1 aromatic carbocycles. The third-order valence-electron chi connectivity index (χ3n) is 4.00. The fraction of sp³-hybridized carbons (Fsp3) is 0.500. The third-order valence-corrected chi connectivity index (χ3v) is 4.00. The minimum Gasteiger partial charge on any atom is -0.378 e. The predicted molar refractivity (Wildman–Crippen MR) is 74.0 cm³/mol. The van der Waals surface area contributed by atoms with E-state index in [0.717, 1.165) is 31.1 Å². The second-order valence-corrected chi connectivity index (χ2v) is 5.73. The van der Waals surface area contributed by atoms with Gasteiger partial charge in [-0.3, -0.25) is 0 Å². The number of benzene rings is 1. The minimum absolute atomic E-state index is 0.258. The highest BCUT2D eigenvalue weighted by molar-refractivity contribution is 5.27. The van der Waals surface area contributed by atoms with E-state index in [2.05, 4.69) is 11.4 Å². The Balaban J connectivity index is 1.64. The van der Waals surface area contributed by atoms with Crippen LogP contribution in [0.4, 0.5) is 13.2 Å². The molecule has 0 saturated carbocycles. The Morgan fingerprint density at radius 3 is 2.81 bits per heavy atom. The molecule has 5 heteroatoms. The van der Waals surface area contributed by atoms with Crippen LogP contribution in [0.2, 0.25) is 0 Å². The van der Waals surface area contributed by atoms with E-state index < -0.39 is 11.7 Å². The van der Waals surface area contributed by atoms with E-state index in [0.29, 0.717) is 19.1 Å². The van der Waals surface area contributed by atoms with Gasteiger partial charge < -0.3 is 10.1 Å². The average molecular weight is 297 g/mol. The van der Waals surface area contributed by atoms with Gasteiger partial charge in [-0.25, -0.2) is 0 Å². The Hall–Kier alpha value is -1.33. The molecular weight excluding hydrogens is 279 g/mol. The van der Waals surface area contributed by atoms with Crippen molar-refractivity contribution >= 4 is 0 Å². The highest BCUT2D eigenvalue weighted by Crippen LogP contribution is 2.30. The maximum Gasteiger partial charge on any atom is 0.416 e. The molecular formula is C16H18F3NO. The van der Waals surface area contributed by atoms with Crippen LogP contribution in [0.25, 0.3) is 0 Å². The van der Waals surface area contributed by atoms with Gasteiger partial charge in [0.2, 0.25) is 0 Å². The van der Waals surface area contributed by atoms with Crippen LogP contribution in [-0.4, -0.2) is 25.3 Å². The molecule has 1 N–H and O–H groups in total. The maximum atomic E-state index is 12.7. The molecule has 2 aliphatic heterocycles. The van der Waals surface area contributed by atoms with E-state index in [-0.39, 0.29) is 6.04 Å². The number of nitrogens with one attached hydrogen (secondary N) is 1. The summed E-state index contributed by atoms with van der Waals surface area (Å²) in [6, 6.07) is 6.23. The van der Waals surface area contributed by atoms with Crippen molar-refractivity contribution in [1.82, 2.24) is 5.32 Å². The molecule has 0 radical (unpaired) electrons. The van der Waals surface area contributed by atoms with Gasteiger partial charge in [0.1, 0.15) is 0 Å². The Bertz CT molecular complexity index is 539. The van der Waals surface area contributed by atoms with E-state index in [4.69, 9.17) is 4.74 Å². The molecule has 0 aliphatic carbocycles. The maximum absolute atomic E-state index is 12.7. The number of morpholine rings is 1. The van der Waals surface area contributed by atoms with Crippen molar-refractivity contribution in [2.75, 3.05) is 13.2 Å². The van der Waals surface area contributed by atoms with Gasteiger partial charge in [0, 0.05) is 12.1 Å². The summed E-state index contributed by atoms with van der Waals surface area (Å²) in [7, 11) is 0. The molecule has 3 rings (SSSR count). The average Bonchev–Trinajstić information content (AvgIpc) is 2.44. The summed E-state index contributed by atoms with van der Waals surface area (Å²) < 4.78 is 43.5. The zero-order valence-corrected chi connectivity index (χ0v) is 11.6. The summed E-state index contributed by atoms with van der Waals surface area (Å²) in [5, 5.41) is 3.46. The molecule has 2 heterocycles. The minimum atomic E-state index is -4.27. The first-order valence-corrected chi connectivity index (χ1v) is 7.20. The first kappa shape index (κ1) is 14.6. The van der Waals surface area contributed by atoms with Crippen LogP contribution in [0, 0.1) is 0 Å². The van der Waals surface area contributed by atoms with Crippen LogP contribution in [0.15, 0.2) is 35.9 Å². The fourth-order valence-corrected chi connectivity index (χ4v) is 3.01. The molecule has 114 valence electrons. The number of halogens is 3. The Morgan fingerprint density at radius 2 is 2.05 bits per heavy atom. The van der Waals surface area contributed by atoms with Gasteiger partial charge in [-0.15, -0.1) is 0 Å². The van der Waals surface area contributed by atoms with Crippen molar-refractivity contribution in [3.8, 4) is 0 Å². The molecule has 2 aliphatic rings. The fourth-order valence-electron chi connectivity index (χ4n) is 3.01. The summed E-state index contributed by atoms with van der Waals surface area (Å²) >= 11 is 0. The number of hydrogen-bond acceptors (Lipinski definition) is 2. The number of rotatable bonds is 3.